The van der Waals surface area contributed by atoms with E-state index < -0.39 is 6.10 Å². The maximum Gasteiger partial charge on any atom is 0.261 e. The molecule has 0 unspecified atom stereocenters. The van der Waals surface area contributed by atoms with Crippen LogP contribution in [0.25, 0.3) is 0 Å². The largest absolute Gasteiger partial charge is 0.481 e. The summed E-state index contributed by atoms with van der Waals surface area (Å²) in [6.45, 7) is 8.06. The average Bonchev–Trinajstić information content (AvgIpc) is 2.55. The van der Waals surface area contributed by atoms with Gasteiger partial charge in [-0.25, -0.2) is 0 Å². The van der Waals surface area contributed by atoms with Crippen LogP contribution >= 0.6 is 11.6 Å². The number of halogens is 1. The fourth-order valence-corrected chi connectivity index (χ4v) is 2.63. The van der Waals surface area contributed by atoms with Crippen LogP contribution < -0.4 is 10.1 Å². The first kappa shape index (κ1) is 18.3. The van der Waals surface area contributed by atoms with E-state index in [1.165, 1.54) is 11.1 Å². The maximum absolute atomic E-state index is 12.5. The number of carbonyl (C=O) groups is 1. The van der Waals surface area contributed by atoms with E-state index in [0.29, 0.717) is 17.2 Å². The number of aryl methyl sites for hydroxylation is 2. The lowest BCUT2D eigenvalue weighted by atomic mass is 10.0. The van der Waals surface area contributed by atoms with E-state index in [1.54, 1.807) is 24.3 Å². The number of rotatable bonds is 6. The van der Waals surface area contributed by atoms with Crippen molar-refractivity contribution in [2.75, 3.05) is 0 Å². The molecule has 24 heavy (non-hydrogen) atoms. The SMILES string of the molecule is CC[C@H](Oc1cccc(Cl)c1)C(=O)N[C@@H](C)c1ccc(C)c(C)c1. The van der Waals surface area contributed by atoms with Gasteiger partial charge in [0.2, 0.25) is 0 Å². The van der Waals surface area contributed by atoms with Crippen LogP contribution in [0.4, 0.5) is 0 Å². The summed E-state index contributed by atoms with van der Waals surface area (Å²) in [6.07, 6.45) is 0.0373. The van der Waals surface area contributed by atoms with Gasteiger partial charge in [0.1, 0.15) is 5.75 Å². The van der Waals surface area contributed by atoms with Crippen LogP contribution in [0.1, 0.15) is 43.0 Å². The second-order valence-electron chi connectivity index (χ2n) is 6.05. The van der Waals surface area contributed by atoms with Gasteiger partial charge in [0.05, 0.1) is 6.04 Å². The van der Waals surface area contributed by atoms with Gasteiger partial charge < -0.3 is 10.1 Å². The number of hydrogen-bond donors (Lipinski definition) is 1. The summed E-state index contributed by atoms with van der Waals surface area (Å²) < 4.78 is 5.79. The van der Waals surface area contributed by atoms with Gasteiger partial charge in [-0.3, -0.25) is 4.79 Å². The number of amides is 1. The summed E-state index contributed by atoms with van der Waals surface area (Å²) in [6, 6.07) is 13.3. The molecule has 3 nitrogen and oxygen atoms in total. The lowest BCUT2D eigenvalue weighted by molar-refractivity contribution is -0.128. The quantitative estimate of drug-likeness (QED) is 0.800. The number of carbonyl (C=O) groups excluding carboxylic acids is 1. The van der Waals surface area contributed by atoms with E-state index in [2.05, 4.69) is 31.3 Å². The van der Waals surface area contributed by atoms with Crippen LogP contribution in [0.2, 0.25) is 5.02 Å². The van der Waals surface area contributed by atoms with Gasteiger partial charge in [0.25, 0.3) is 5.91 Å². The van der Waals surface area contributed by atoms with Crippen molar-refractivity contribution in [2.24, 2.45) is 0 Å². The zero-order valence-corrected chi connectivity index (χ0v) is 15.4. The molecular formula is C20H24ClNO2. The van der Waals surface area contributed by atoms with E-state index >= 15 is 0 Å². The smallest absolute Gasteiger partial charge is 0.261 e. The highest BCUT2D eigenvalue weighted by Crippen LogP contribution is 2.20. The van der Waals surface area contributed by atoms with Crippen molar-refractivity contribution in [1.29, 1.82) is 0 Å². The van der Waals surface area contributed by atoms with Gasteiger partial charge in [-0.1, -0.05) is 42.8 Å². The Morgan fingerprint density at radius 2 is 1.92 bits per heavy atom. The molecule has 0 aliphatic heterocycles. The van der Waals surface area contributed by atoms with Crippen LogP contribution in [0.15, 0.2) is 42.5 Å². The first-order valence-corrected chi connectivity index (χ1v) is 8.58. The molecule has 0 aliphatic rings. The third-order valence-corrected chi connectivity index (χ3v) is 4.36. The molecule has 0 aromatic heterocycles. The van der Waals surface area contributed by atoms with Crippen LogP contribution in [0.3, 0.4) is 0 Å². The Hall–Kier alpha value is -2.00. The van der Waals surface area contributed by atoms with Gasteiger partial charge in [-0.2, -0.15) is 0 Å². The molecular weight excluding hydrogens is 322 g/mol. The second kappa shape index (κ2) is 8.20. The molecule has 0 fully saturated rings. The fourth-order valence-electron chi connectivity index (χ4n) is 2.45. The first-order valence-electron chi connectivity index (χ1n) is 8.20. The van der Waals surface area contributed by atoms with Crippen LogP contribution in [0, 0.1) is 13.8 Å². The highest BCUT2D eigenvalue weighted by Gasteiger charge is 2.21. The Balaban J connectivity index is 2.04. The summed E-state index contributed by atoms with van der Waals surface area (Å²) in [5, 5.41) is 3.62. The lowest BCUT2D eigenvalue weighted by Gasteiger charge is -2.21. The van der Waals surface area contributed by atoms with Crippen molar-refractivity contribution >= 4 is 17.5 Å². The van der Waals surface area contributed by atoms with Gasteiger partial charge >= 0.3 is 0 Å². The zero-order chi connectivity index (χ0) is 17.7. The molecule has 0 spiro atoms. The fraction of sp³-hybridized carbons (Fsp3) is 0.350. The second-order valence-corrected chi connectivity index (χ2v) is 6.48. The van der Waals surface area contributed by atoms with Crippen molar-refractivity contribution in [2.45, 2.75) is 46.3 Å². The molecule has 0 saturated heterocycles. The molecule has 1 amide bonds. The van der Waals surface area contributed by atoms with Crippen LogP contribution in [-0.4, -0.2) is 12.0 Å². The zero-order valence-electron chi connectivity index (χ0n) is 14.6. The summed E-state index contributed by atoms with van der Waals surface area (Å²) in [7, 11) is 0. The van der Waals surface area contributed by atoms with Crippen LogP contribution in [-0.2, 0) is 4.79 Å². The molecule has 0 bridgehead atoms. The van der Waals surface area contributed by atoms with E-state index in [9.17, 15) is 4.79 Å². The number of nitrogens with one attached hydrogen (secondary N) is 1. The minimum absolute atomic E-state index is 0.0752. The number of ether oxygens (including phenoxy) is 1. The Kier molecular flexibility index (Phi) is 6.27. The monoisotopic (exact) mass is 345 g/mol. The Morgan fingerprint density at radius 3 is 2.54 bits per heavy atom. The molecule has 0 aliphatic carbocycles. The third kappa shape index (κ3) is 4.75. The predicted octanol–water partition coefficient (Wildman–Crippen LogP) is 4.99. The van der Waals surface area contributed by atoms with Crippen molar-refractivity contribution in [3.63, 3.8) is 0 Å². The van der Waals surface area contributed by atoms with Crippen molar-refractivity contribution in [3.05, 3.63) is 64.2 Å². The Labute approximate surface area is 149 Å². The molecule has 2 atom stereocenters. The normalized spacial score (nSPS) is 13.2. The number of hydrogen-bond acceptors (Lipinski definition) is 2. The maximum atomic E-state index is 12.5. The van der Waals surface area contributed by atoms with Crippen molar-refractivity contribution < 1.29 is 9.53 Å². The van der Waals surface area contributed by atoms with E-state index in [1.807, 2.05) is 19.9 Å². The highest BCUT2D eigenvalue weighted by molar-refractivity contribution is 6.30. The first-order chi connectivity index (χ1) is 11.4. The van der Waals surface area contributed by atoms with E-state index in [0.717, 1.165) is 5.56 Å². The Morgan fingerprint density at radius 1 is 1.17 bits per heavy atom. The molecule has 128 valence electrons. The average molecular weight is 346 g/mol. The summed E-state index contributed by atoms with van der Waals surface area (Å²) >= 11 is 5.96. The summed E-state index contributed by atoms with van der Waals surface area (Å²) in [5.41, 5.74) is 3.55. The third-order valence-electron chi connectivity index (χ3n) is 4.13. The molecule has 0 heterocycles. The van der Waals surface area contributed by atoms with Gasteiger partial charge in [0.15, 0.2) is 6.10 Å². The molecule has 0 radical (unpaired) electrons. The van der Waals surface area contributed by atoms with Gasteiger partial charge in [-0.15, -0.1) is 0 Å². The summed E-state index contributed by atoms with van der Waals surface area (Å²) in [4.78, 5) is 12.5. The Bertz CT molecular complexity index is 715. The molecule has 2 aromatic carbocycles. The molecule has 0 saturated carbocycles. The van der Waals surface area contributed by atoms with Crippen molar-refractivity contribution in [1.82, 2.24) is 5.32 Å². The minimum Gasteiger partial charge on any atom is -0.481 e. The van der Waals surface area contributed by atoms with Gasteiger partial charge in [-0.05, 0) is 62.1 Å². The molecule has 1 N–H and O–H groups in total. The van der Waals surface area contributed by atoms with E-state index in [-0.39, 0.29) is 11.9 Å². The van der Waals surface area contributed by atoms with Gasteiger partial charge in [0, 0.05) is 5.02 Å². The highest BCUT2D eigenvalue weighted by atomic mass is 35.5. The molecule has 4 heteroatoms. The topological polar surface area (TPSA) is 38.3 Å². The summed E-state index contributed by atoms with van der Waals surface area (Å²) in [5.74, 6) is 0.478. The molecule has 2 rings (SSSR count). The lowest BCUT2D eigenvalue weighted by Crippen LogP contribution is -2.39. The van der Waals surface area contributed by atoms with E-state index in [4.69, 9.17) is 16.3 Å². The minimum atomic E-state index is -0.544. The van der Waals surface area contributed by atoms with Crippen LogP contribution in [0.5, 0.6) is 5.75 Å². The standard InChI is InChI=1S/C20H24ClNO2/c1-5-19(24-18-8-6-7-17(21)12-18)20(23)22-15(4)16-10-9-13(2)14(3)11-16/h6-12,15,19H,5H2,1-4H3,(H,22,23)/t15-,19-/m0/s1. The number of benzene rings is 2. The van der Waals surface area contributed by atoms with Crippen molar-refractivity contribution in [3.8, 4) is 5.75 Å². The predicted molar refractivity (Wildman–Crippen MR) is 98.6 cm³/mol. The molecule has 2 aromatic rings.